The molecule has 7 nitrogen and oxygen atoms in total. The first-order valence-corrected chi connectivity index (χ1v) is 8.04. The van der Waals surface area contributed by atoms with E-state index in [0.717, 1.165) is 25.9 Å². The Kier molecular flexibility index (Phi) is 8.50. The van der Waals surface area contributed by atoms with Crippen molar-refractivity contribution in [3.63, 3.8) is 0 Å². The standard InChI is InChI=1S/C15H27N3O4/c16-9-5-6-12(15(22)18-10-3-4-11-18)17-13(19)7-1-2-8-14(20)21/h12H,1-11,16H2,(H,17,19)(H,20,21)/t12-/m0/s1. The van der Waals surface area contributed by atoms with Crippen molar-refractivity contribution < 1.29 is 19.5 Å². The summed E-state index contributed by atoms with van der Waals surface area (Å²) in [5, 5.41) is 11.3. The molecule has 4 N–H and O–H groups in total. The van der Waals surface area contributed by atoms with Gasteiger partial charge in [-0.1, -0.05) is 0 Å². The number of carboxylic acid groups (broad SMARTS) is 1. The van der Waals surface area contributed by atoms with Gasteiger partial charge in [0.25, 0.3) is 0 Å². The largest absolute Gasteiger partial charge is 0.481 e. The quantitative estimate of drug-likeness (QED) is 0.508. The normalized spacial score (nSPS) is 15.6. The minimum Gasteiger partial charge on any atom is -0.481 e. The van der Waals surface area contributed by atoms with Crippen LogP contribution in [-0.2, 0) is 14.4 Å². The number of hydrogen-bond acceptors (Lipinski definition) is 4. The maximum atomic E-state index is 12.4. The number of carboxylic acids is 1. The van der Waals surface area contributed by atoms with Crippen molar-refractivity contribution in [3.8, 4) is 0 Å². The molecule has 0 radical (unpaired) electrons. The SMILES string of the molecule is NCCC[C@H](NC(=O)CCCCC(=O)O)C(=O)N1CCCC1. The van der Waals surface area contributed by atoms with E-state index in [1.54, 1.807) is 4.90 Å². The number of hydrogen-bond donors (Lipinski definition) is 3. The van der Waals surface area contributed by atoms with Crippen LogP contribution in [0.3, 0.4) is 0 Å². The van der Waals surface area contributed by atoms with Crippen molar-refractivity contribution in [1.29, 1.82) is 0 Å². The molecule has 126 valence electrons. The third-order valence-electron chi connectivity index (χ3n) is 3.79. The van der Waals surface area contributed by atoms with Gasteiger partial charge in [-0.3, -0.25) is 14.4 Å². The number of unbranched alkanes of at least 4 members (excludes halogenated alkanes) is 1. The van der Waals surface area contributed by atoms with Gasteiger partial charge in [0.2, 0.25) is 11.8 Å². The first-order valence-electron chi connectivity index (χ1n) is 8.04. The maximum Gasteiger partial charge on any atom is 0.303 e. The van der Waals surface area contributed by atoms with Crippen LogP contribution in [0.1, 0.15) is 51.4 Å². The molecule has 0 unspecified atom stereocenters. The topological polar surface area (TPSA) is 113 Å². The zero-order valence-corrected chi connectivity index (χ0v) is 13.1. The Morgan fingerprint density at radius 3 is 2.32 bits per heavy atom. The number of rotatable bonds is 10. The zero-order chi connectivity index (χ0) is 16.4. The summed E-state index contributed by atoms with van der Waals surface area (Å²) >= 11 is 0. The van der Waals surface area contributed by atoms with E-state index in [2.05, 4.69) is 5.32 Å². The van der Waals surface area contributed by atoms with Crippen molar-refractivity contribution in [2.45, 2.75) is 57.4 Å². The summed E-state index contributed by atoms with van der Waals surface area (Å²) in [7, 11) is 0. The van der Waals surface area contributed by atoms with Crippen LogP contribution in [-0.4, -0.2) is 53.5 Å². The van der Waals surface area contributed by atoms with E-state index in [0.29, 0.717) is 32.2 Å². The highest BCUT2D eigenvalue weighted by atomic mass is 16.4. The first-order chi connectivity index (χ1) is 10.5. The fraction of sp³-hybridized carbons (Fsp3) is 0.800. The van der Waals surface area contributed by atoms with Crippen molar-refractivity contribution >= 4 is 17.8 Å². The third-order valence-corrected chi connectivity index (χ3v) is 3.79. The number of likely N-dealkylation sites (tertiary alicyclic amines) is 1. The molecule has 1 heterocycles. The lowest BCUT2D eigenvalue weighted by molar-refractivity contribution is -0.137. The van der Waals surface area contributed by atoms with Crippen LogP contribution in [0.2, 0.25) is 0 Å². The van der Waals surface area contributed by atoms with Crippen molar-refractivity contribution in [1.82, 2.24) is 10.2 Å². The van der Waals surface area contributed by atoms with Crippen LogP contribution in [0.25, 0.3) is 0 Å². The van der Waals surface area contributed by atoms with Crippen LogP contribution in [0, 0.1) is 0 Å². The van der Waals surface area contributed by atoms with Gasteiger partial charge in [0.1, 0.15) is 6.04 Å². The van der Waals surface area contributed by atoms with E-state index < -0.39 is 12.0 Å². The Morgan fingerprint density at radius 1 is 1.09 bits per heavy atom. The second kappa shape index (κ2) is 10.2. The smallest absolute Gasteiger partial charge is 0.303 e. The lowest BCUT2D eigenvalue weighted by Gasteiger charge is -2.24. The van der Waals surface area contributed by atoms with Gasteiger partial charge in [-0.25, -0.2) is 0 Å². The number of carbonyl (C=O) groups excluding carboxylic acids is 2. The second-order valence-electron chi connectivity index (χ2n) is 5.68. The van der Waals surface area contributed by atoms with E-state index in [1.807, 2.05) is 0 Å². The summed E-state index contributed by atoms with van der Waals surface area (Å²) in [5.74, 6) is -1.07. The molecule has 0 aromatic rings. The molecular formula is C15H27N3O4. The van der Waals surface area contributed by atoms with E-state index in [-0.39, 0.29) is 24.7 Å². The molecule has 1 aliphatic heterocycles. The predicted molar refractivity (Wildman–Crippen MR) is 82.1 cm³/mol. The molecule has 0 aromatic heterocycles. The van der Waals surface area contributed by atoms with E-state index >= 15 is 0 Å². The molecule has 1 aliphatic rings. The van der Waals surface area contributed by atoms with Crippen LogP contribution in [0.5, 0.6) is 0 Å². The lowest BCUT2D eigenvalue weighted by Crippen LogP contribution is -2.47. The first kappa shape index (κ1) is 18.4. The molecule has 0 spiro atoms. The van der Waals surface area contributed by atoms with Gasteiger partial charge < -0.3 is 21.1 Å². The van der Waals surface area contributed by atoms with Crippen molar-refractivity contribution in [2.24, 2.45) is 5.73 Å². The minimum absolute atomic E-state index is 0.0233. The number of amides is 2. The van der Waals surface area contributed by atoms with Gasteiger partial charge in [-0.15, -0.1) is 0 Å². The number of nitrogens with zero attached hydrogens (tertiary/aromatic N) is 1. The van der Waals surface area contributed by atoms with Gasteiger partial charge in [0, 0.05) is 25.9 Å². The molecule has 0 saturated carbocycles. The van der Waals surface area contributed by atoms with Gasteiger partial charge in [-0.2, -0.15) is 0 Å². The highest BCUT2D eigenvalue weighted by Crippen LogP contribution is 2.12. The number of carbonyl (C=O) groups is 3. The second-order valence-corrected chi connectivity index (χ2v) is 5.68. The van der Waals surface area contributed by atoms with Gasteiger partial charge in [0.05, 0.1) is 0 Å². The Labute approximate surface area is 131 Å². The Bertz CT molecular complexity index is 381. The molecule has 1 atom stereocenters. The molecule has 0 bridgehead atoms. The highest BCUT2D eigenvalue weighted by molar-refractivity contribution is 5.87. The summed E-state index contributed by atoms with van der Waals surface area (Å²) in [4.78, 5) is 36.5. The van der Waals surface area contributed by atoms with E-state index in [4.69, 9.17) is 10.8 Å². The fourth-order valence-corrected chi connectivity index (χ4v) is 2.57. The maximum absolute atomic E-state index is 12.4. The van der Waals surface area contributed by atoms with Gasteiger partial charge >= 0.3 is 5.97 Å². The lowest BCUT2D eigenvalue weighted by atomic mass is 10.1. The summed E-state index contributed by atoms with van der Waals surface area (Å²) in [6.07, 6.45) is 4.55. The summed E-state index contributed by atoms with van der Waals surface area (Å²) in [5.41, 5.74) is 5.49. The Morgan fingerprint density at radius 2 is 1.73 bits per heavy atom. The number of aliphatic carboxylic acids is 1. The van der Waals surface area contributed by atoms with Crippen LogP contribution >= 0.6 is 0 Å². The minimum atomic E-state index is -0.856. The van der Waals surface area contributed by atoms with Crippen LogP contribution in [0.4, 0.5) is 0 Å². The van der Waals surface area contributed by atoms with Crippen molar-refractivity contribution in [2.75, 3.05) is 19.6 Å². The molecule has 1 rings (SSSR count). The summed E-state index contributed by atoms with van der Waals surface area (Å²) in [6.45, 7) is 2.00. The Hall–Kier alpha value is -1.63. The zero-order valence-electron chi connectivity index (χ0n) is 13.1. The number of nitrogens with one attached hydrogen (secondary N) is 1. The molecule has 1 saturated heterocycles. The average Bonchev–Trinajstić information content (AvgIpc) is 3.01. The van der Waals surface area contributed by atoms with E-state index in [9.17, 15) is 14.4 Å². The molecular weight excluding hydrogens is 286 g/mol. The van der Waals surface area contributed by atoms with Gasteiger partial charge in [-0.05, 0) is 45.1 Å². The Balaban J connectivity index is 2.40. The molecule has 0 aliphatic carbocycles. The van der Waals surface area contributed by atoms with Crippen LogP contribution < -0.4 is 11.1 Å². The average molecular weight is 313 g/mol. The van der Waals surface area contributed by atoms with Crippen LogP contribution in [0.15, 0.2) is 0 Å². The van der Waals surface area contributed by atoms with Gasteiger partial charge in [0.15, 0.2) is 0 Å². The summed E-state index contributed by atoms with van der Waals surface area (Å²) < 4.78 is 0. The monoisotopic (exact) mass is 313 g/mol. The highest BCUT2D eigenvalue weighted by Gasteiger charge is 2.27. The molecule has 1 fully saturated rings. The van der Waals surface area contributed by atoms with E-state index in [1.165, 1.54) is 0 Å². The number of nitrogens with two attached hydrogens (primary N) is 1. The molecule has 7 heteroatoms. The predicted octanol–water partition coefficient (Wildman–Crippen LogP) is 0.478. The molecule has 0 aromatic carbocycles. The third kappa shape index (κ3) is 6.89. The van der Waals surface area contributed by atoms with Crippen molar-refractivity contribution in [3.05, 3.63) is 0 Å². The fourth-order valence-electron chi connectivity index (χ4n) is 2.57. The summed E-state index contributed by atoms with van der Waals surface area (Å²) in [6, 6.07) is -0.506. The molecule has 2 amide bonds. The molecule has 22 heavy (non-hydrogen) atoms.